The average Bonchev–Trinajstić information content (AvgIpc) is 2.80. The van der Waals surface area contributed by atoms with Gasteiger partial charge in [0.05, 0.1) is 11.5 Å². The standard InChI is InChI=1S/C15H17N3O/c16-10-15(11-4-2-1-3-5-11)7-13(8-15)18-12-6-14(19)17-9-12/h1-5,12-13,18H,6-9H2,(H,17,19). The van der Waals surface area contributed by atoms with Crippen molar-refractivity contribution < 1.29 is 4.79 Å². The lowest BCUT2D eigenvalue weighted by Gasteiger charge is -2.44. The molecule has 1 aromatic carbocycles. The molecule has 2 aliphatic rings. The zero-order valence-corrected chi connectivity index (χ0v) is 10.7. The Bertz CT molecular complexity index is 514. The van der Waals surface area contributed by atoms with Gasteiger partial charge in [0, 0.05) is 25.0 Å². The number of hydrogen-bond donors (Lipinski definition) is 2. The van der Waals surface area contributed by atoms with Crippen LogP contribution in [-0.4, -0.2) is 24.5 Å². The molecule has 0 radical (unpaired) electrons. The second-order valence-electron chi connectivity index (χ2n) is 5.54. The Morgan fingerprint density at radius 1 is 1.26 bits per heavy atom. The maximum atomic E-state index is 11.1. The van der Waals surface area contributed by atoms with Crippen molar-refractivity contribution >= 4 is 5.91 Å². The number of nitriles is 1. The molecule has 1 aliphatic heterocycles. The van der Waals surface area contributed by atoms with Crippen LogP contribution in [0.5, 0.6) is 0 Å². The fraction of sp³-hybridized carbons (Fsp3) is 0.467. The maximum Gasteiger partial charge on any atom is 0.221 e. The second-order valence-corrected chi connectivity index (χ2v) is 5.54. The summed E-state index contributed by atoms with van der Waals surface area (Å²) in [6, 6.07) is 13.0. The quantitative estimate of drug-likeness (QED) is 0.849. The SMILES string of the molecule is N#CC1(c2ccccc2)CC(NC2CNC(=O)C2)C1. The Balaban J connectivity index is 1.61. The molecule has 2 N–H and O–H groups in total. The molecule has 1 aliphatic carbocycles. The highest BCUT2D eigenvalue weighted by Crippen LogP contribution is 2.43. The highest BCUT2D eigenvalue weighted by molar-refractivity contribution is 5.78. The van der Waals surface area contributed by atoms with E-state index in [0.29, 0.717) is 19.0 Å². The highest BCUT2D eigenvalue weighted by atomic mass is 16.1. The van der Waals surface area contributed by atoms with Crippen molar-refractivity contribution in [2.45, 2.75) is 36.8 Å². The first-order valence-corrected chi connectivity index (χ1v) is 6.71. The van der Waals surface area contributed by atoms with E-state index in [1.807, 2.05) is 30.3 Å². The van der Waals surface area contributed by atoms with Gasteiger partial charge in [-0.2, -0.15) is 5.26 Å². The average molecular weight is 255 g/mol. The predicted octanol–water partition coefficient (Wildman–Crippen LogP) is 1.09. The van der Waals surface area contributed by atoms with Crippen LogP contribution in [0.2, 0.25) is 0 Å². The normalized spacial score (nSPS) is 33.3. The molecule has 3 rings (SSSR count). The van der Waals surface area contributed by atoms with Crippen LogP contribution >= 0.6 is 0 Å². The number of carbonyl (C=O) groups is 1. The van der Waals surface area contributed by atoms with E-state index in [9.17, 15) is 10.1 Å². The number of nitrogens with one attached hydrogen (secondary N) is 2. The molecule has 1 heterocycles. The van der Waals surface area contributed by atoms with E-state index in [2.05, 4.69) is 16.7 Å². The number of amides is 1. The van der Waals surface area contributed by atoms with E-state index in [0.717, 1.165) is 18.4 Å². The summed E-state index contributed by atoms with van der Waals surface area (Å²) in [5.74, 6) is 0.117. The van der Waals surface area contributed by atoms with E-state index in [1.54, 1.807) is 0 Å². The smallest absolute Gasteiger partial charge is 0.221 e. The number of nitrogens with zero attached hydrogens (tertiary/aromatic N) is 1. The number of rotatable bonds is 3. The van der Waals surface area contributed by atoms with Gasteiger partial charge in [0.15, 0.2) is 0 Å². The van der Waals surface area contributed by atoms with Gasteiger partial charge in [-0.15, -0.1) is 0 Å². The third-order valence-corrected chi connectivity index (χ3v) is 4.18. The summed E-state index contributed by atoms with van der Waals surface area (Å²) in [6.45, 7) is 0.709. The largest absolute Gasteiger partial charge is 0.354 e. The summed E-state index contributed by atoms with van der Waals surface area (Å²) in [4.78, 5) is 11.1. The lowest BCUT2D eigenvalue weighted by Crippen LogP contribution is -2.54. The Morgan fingerprint density at radius 3 is 2.58 bits per heavy atom. The van der Waals surface area contributed by atoms with Crippen LogP contribution in [0.15, 0.2) is 30.3 Å². The molecule has 1 saturated carbocycles. The molecule has 1 unspecified atom stereocenters. The van der Waals surface area contributed by atoms with Gasteiger partial charge in [-0.05, 0) is 18.4 Å². The van der Waals surface area contributed by atoms with Gasteiger partial charge < -0.3 is 10.6 Å². The molecule has 0 aromatic heterocycles. The summed E-state index contributed by atoms with van der Waals surface area (Å²) in [7, 11) is 0. The number of hydrogen-bond acceptors (Lipinski definition) is 3. The van der Waals surface area contributed by atoms with E-state index in [1.165, 1.54) is 0 Å². The van der Waals surface area contributed by atoms with E-state index < -0.39 is 0 Å². The van der Waals surface area contributed by atoms with Gasteiger partial charge >= 0.3 is 0 Å². The molecule has 1 aromatic rings. The Kier molecular flexibility index (Phi) is 3.00. The minimum absolute atomic E-state index is 0.117. The van der Waals surface area contributed by atoms with Gasteiger partial charge in [0.1, 0.15) is 0 Å². The van der Waals surface area contributed by atoms with Gasteiger partial charge in [-0.3, -0.25) is 4.79 Å². The van der Waals surface area contributed by atoms with Gasteiger partial charge in [0.25, 0.3) is 0 Å². The van der Waals surface area contributed by atoms with Crippen LogP contribution in [0.25, 0.3) is 0 Å². The molecule has 2 fully saturated rings. The fourth-order valence-corrected chi connectivity index (χ4v) is 3.10. The van der Waals surface area contributed by atoms with Crippen molar-refractivity contribution in [3.8, 4) is 6.07 Å². The zero-order valence-electron chi connectivity index (χ0n) is 10.7. The maximum absolute atomic E-state index is 11.1. The number of benzene rings is 1. The van der Waals surface area contributed by atoms with Crippen molar-refractivity contribution in [1.29, 1.82) is 5.26 Å². The summed E-state index contributed by atoms with van der Waals surface area (Å²) in [6.07, 6.45) is 2.22. The molecular weight excluding hydrogens is 238 g/mol. The molecule has 4 heteroatoms. The predicted molar refractivity (Wildman–Crippen MR) is 71.3 cm³/mol. The molecule has 4 nitrogen and oxygen atoms in total. The fourth-order valence-electron chi connectivity index (χ4n) is 3.10. The van der Waals surface area contributed by atoms with Gasteiger partial charge in [-0.25, -0.2) is 0 Å². The molecule has 1 saturated heterocycles. The van der Waals surface area contributed by atoms with Crippen LogP contribution in [0.4, 0.5) is 0 Å². The summed E-state index contributed by atoms with van der Waals surface area (Å²) in [5, 5.41) is 15.8. The molecule has 0 spiro atoms. The molecule has 98 valence electrons. The number of carbonyl (C=O) groups excluding carboxylic acids is 1. The Hall–Kier alpha value is -1.86. The third kappa shape index (κ3) is 2.22. The first-order valence-electron chi connectivity index (χ1n) is 6.71. The van der Waals surface area contributed by atoms with Crippen LogP contribution in [0.3, 0.4) is 0 Å². The highest BCUT2D eigenvalue weighted by Gasteiger charge is 2.46. The summed E-state index contributed by atoms with van der Waals surface area (Å²) in [5.41, 5.74) is 0.769. The lowest BCUT2D eigenvalue weighted by atomic mass is 9.62. The van der Waals surface area contributed by atoms with Crippen LogP contribution in [-0.2, 0) is 10.2 Å². The second kappa shape index (κ2) is 4.67. The minimum Gasteiger partial charge on any atom is -0.354 e. The van der Waals surface area contributed by atoms with Crippen LogP contribution in [0, 0.1) is 11.3 Å². The van der Waals surface area contributed by atoms with Crippen molar-refractivity contribution in [2.24, 2.45) is 0 Å². The van der Waals surface area contributed by atoms with E-state index in [-0.39, 0.29) is 17.4 Å². The first kappa shape index (κ1) is 12.2. The molecular formula is C15H17N3O. The van der Waals surface area contributed by atoms with Crippen molar-refractivity contribution in [3.05, 3.63) is 35.9 Å². The van der Waals surface area contributed by atoms with Gasteiger partial charge in [-0.1, -0.05) is 30.3 Å². The molecule has 0 bridgehead atoms. The minimum atomic E-state index is -0.338. The van der Waals surface area contributed by atoms with E-state index in [4.69, 9.17) is 0 Å². The zero-order chi connectivity index (χ0) is 13.3. The van der Waals surface area contributed by atoms with Crippen LogP contribution < -0.4 is 10.6 Å². The van der Waals surface area contributed by atoms with Crippen LogP contribution in [0.1, 0.15) is 24.8 Å². The summed E-state index contributed by atoms with van der Waals surface area (Å²) >= 11 is 0. The monoisotopic (exact) mass is 255 g/mol. The molecule has 1 amide bonds. The van der Waals surface area contributed by atoms with Crippen molar-refractivity contribution in [3.63, 3.8) is 0 Å². The third-order valence-electron chi connectivity index (χ3n) is 4.18. The topological polar surface area (TPSA) is 64.9 Å². The summed E-state index contributed by atoms with van der Waals surface area (Å²) < 4.78 is 0. The van der Waals surface area contributed by atoms with Crippen molar-refractivity contribution in [2.75, 3.05) is 6.54 Å². The Labute approximate surface area is 112 Å². The van der Waals surface area contributed by atoms with Gasteiger partial charge in [0.2, 0.25) is 5.91 Å². The molecule has 19 heavy (non-hydrogen) atoms. The molecule has 1 atom stereocenters. The van der Waals surface area contributed by atoms with E-state index >= 15 is 0 Å². The first-order chi connectivity index (χ1) is 9.22. The van der Waals surface area contributed by atoms with Crippen molar-refractivity contribution in [1.82, 2.24) is 10.6 Å². The Morgan fingerprint density at radius 2 is 2.00 bits per heavy atom. The lowest BCUT2D eigenvalue weighted by molar-refractivity contribution is -0.119.